The van der Waals surface area contributed by atoms with Crippen molar-refractivity contribution in [1.29, 1.82) is 0 Å². The van der Waals surface area contributed by atoms with Crippen molar-refractivity contribution in [2.45, 2.75) is 51.6 Å². The van der Waals surface area contributed by atoms with Gasteiger partial charge in [0.2, 0.25) is 0 Å². The molecule has 1 aromatic heterocycles. The van der Waals surface area contributed by atoms with E-state index in [1.54, 1.807) is 18.1 Å². The highest BCUT2D eigenvalue weighted by Crippen LogP contribution is 2.23. The molecular formula is C12H23N3O2S. The fourth-order valence-corrected chi connectivity index (χ4v) is 2.49. The zero-order valence-corrected chi connectivity index (χ0v) is 12.7. The molecule has 1 heterocycles. The molecule has 18 heavy (non-hydrogen) atoms. The summed E-state index contributed by atoms with van der Waals surface area (Å²) in [6.45, 7) is 11.5. The van der Waals surface area contributed by atoms with Gasteiger partial charge in [0.05, 0.1) is 11.3 Å². The van der Waals surface area contributed by atoms with E-state index in [0.29, 0.717) is 13.2 Å². The van der Waals surface area contributed by atoms with Crippen LogP contribution in [0.4, 0.5) is 0 Å². The van der Waals surface area contributed by atoms with Gasteiger partial charge < -0.3 is 9.47 Å². The molecule has 0 aromatic carbocycles. The summed E-state index contributed by atoms with van der Waals surface area (Å²) >= 11 is 1.61. The zero-order valence-electron chi connectivity index (χ0n) is 11.8. The molecule has 6 heteroatoms. The molecule has 1 aromatic rings. The molecule has 0 saturated carbocycles. The Morgan fingerprint density at radius 2 is 1.89 bits per heavy atom. The maximum atomic E-state index is 5.51. The van der Waals surface area contributed by atoms with Crippen molar-refractivity contribution in [2.75, 3.05) is 19.0 Å². The zero-order chi connectivity index (χ0) is 13.6. The second kappa shape index (κ2) is 7.11. The summed E-state index contributed by atoms with van der Waals surface area (Å²) in [6.07, 6.45) is 1.40. The van der Waals surface area contributed by atoms with Gasteiger partial charge in [0.25, 0.3) is 0 Å². The predicted octanol–water partition coefficient (Wildman–Crippen LogP) is 2.52. The van der Waals surface area contributed by atoms with Gasteiger partial charge in [-0.25, -0.2) is 9.67 Å². The summed E-state index contributed by atoms with van der Waals surface area (Å²) in [4.78, 5) is 4.28. The van der Waals surface area contributed by atoms with Crippen molar-refractivity contribution in [3.63, 3.8) is 0 Å². The molecule has 104 valence electrons. The minimum atomic E-state index is -0.185. The molecule has 0 fully saturated rings. The number of ether oxygens (including phenoxy) is 2. The van der Waals surface area contributed by atoms with Crippen LogP contribution in [0.25, 0.3) is 0 Å². The first-order valence-electron chi connectivity index (χ1n) is 6.25. The van der Waals surface area contributed by atoms with Gasteiger partial charge in [-0.05, 0) is 34.6 Å². The number of nitrogens with zero attached hydrogens (tertiary/aromatic N) is 3. The van der Waals surface area contributed by atoms with Crippen LogP contribution in [0.5, 0.6) is 0 Å². The van der Waals surface area contributed by atoms with E-state index in [9.17, 15) is 0 Å². The number of thioether (sulfide) groups is 1. The van der Waals surface area contributed by atoms with E-state index in [4.69, 9.17) is 9.47 Å². The Kier molecular flexibility index (Phi) is 6.11. The molecule has 0 amide bonds. The third-order valence-corrected chi connectivity index (χ3v) is 3.18. The van der Waals surface area contributed by atoms with Gasteiger partial charge in [0.15, 0.2) is 11.4 Å². The van der Waals surface area contributed by atoms with Crippen molar-refractivity contribution in [2.24, 2.45) is 0 Å². The molecule has 0 saturated heterocycles. The molecule has 0 atom stereocenters. The van der Waals surface area contributed by atoms with Gasteiger partial charge in [-0.15, -0.1) is 0 Å². The number of hydrogen-bond donors (Lipinski definition) is 0. The molecule has 0 spiro atoms. The van der Waals surface area contributed by atoms with Crippen LogP contribution in [0.3, 0.4) is 0 Å². The second-order valence-corrected chi connectivity index (χ2v) is 5.76. The van der Waals surface area contributed by atoms with E-state index < -0.39 is 0 Å². The van der Waals surface area contributed by atoms with Crippen LogP contribution in [-0.4, -0.2) is 40.0 Å². The van der Waals surface area contributed by atoms with E-state index in [2.05, 4.69) is 30.9 Å². The predicted molar refractivity (Wildman–Crippen MR) is 72.8 cm³/mol. The lowest BCUT2D eigenvalue weighted by Crippen LogP contribution is -2.25. The lowest BCUT2D eigenvalue weighted by atomic mass is 10.1. The number of aromatic nitrogens is 3. The second-order valence-electron chi connectivity index (χ2n) is 4.78. The minimum Gasteiger partial charge on any atom is -0.352 e. The lowest BCUT2D eigenvalue weighted by Gasteiger charge is -2.21. The standard InChI is InChI=1S/C12H23N3O2S/c1-6-16-10(17-7-2)8-18-11-13-9-14-15(11)12(3,4)5/h9-10H,6-8H2,1-5H3. The quantitative estimate of drug-likeness (QED) is 0.564. The summed E-state index contributed by atoms with van der Waals surface area (Å²) < 4.78 is 12.9. The molecule has 1 rings (SSSR count). The van der Waals surface area contributed by atoms with Crippen LogP contribution >= 0.6 is 11.8 Å². The molecule has 0 aliphatic rings. The van der Waals surface area contributed by atoms with Gasteiger partial charge in [0, 0.05) is 13.2 Å². The molecular weight excluding hydrogens is 250 g/mol. The maximum absolute atomic E-state index is 5.51. The number of rotatable bonds is 7. The van der Waals surface area contributed by atoms with Gasteiger partial charge in [0.1, 0.15) is 6.33 Å². The SMILES string of the molecule is CCOC(CSc1ncnn1C(C)(C)C)OCC. The summed E-state index contributed by atoms with van der Waals surface area (Å²) in [6, 6.07) is 0. The first kappa shape index (κ1) is 15.5. The van der Waals surface area contributed by atoms with Crippen LogP contribution in [0, 0.1) is 0 Å². The molecule has 0 N–H and O–H groups in total. The highest BCUT2D eigenvalue weighted by atomic mass is 32.2. The smallest absolute Gasteiger partial charge is 0.186 e. The lowest BCUT2D eigenvalue weighted by molar-refractivity contribution is -0.120. The van der Waals surface area contributed by atoms with E-state index in [1.165, 1.54) is 0 Å². The Hall–Kier alpha value is -0.590. The Labute approximate surface area is 113 Å². The Morgan fingerprint density at radius 1 is 1.28 bits per heavy atom. The fourth-order valence-electron chi connectivity index (χ4n) is 1.45. The first-order chi connectivity index (χ1) is 8.49. The van der Waals surface area contributed by atoms with Crippen molar-refractivity contribution < 1.29 is 9.47 Å². The third-order valence-electron chi connectivity index (χ3n) is 2.21. The Balaban J connectivity index is 2.59. The topological polar surface area (TPSA) is 49.2 Å². The minimum absolute atomic E-state index is 0.0639. The van der Waals surface area contributed by atoms with Gasteiger partial charge in [-0.1, -0.05) is 11.8 Å². The molecule has 5 nitrogen and oxygen atoms in total. The average Bonchev–Trinajstić information content (AvgIpc) is 2.74. The van der Waals surface area contributed by atoms with Crippen LogP contribution in [0.2, 0.25) is 0 Å². The normalized spacial score (nSPS) is 12.3. The maximum Gasteiger partial charge on any atom is 0.186 e. The fraction of sp³-hybridized carbons (Fsp3) is 0.833. The number of hydrogen-bond acceptors (Lipinski definition) is 5. The summed E-state index contributed by atoms with van der Waals surface area (Å²) in [5.41, 5.74) is -0.0639. The van der Waals surface area contributed by atoms with Crippen molar-refractivity contribution in [3.05, 3.63) is 6.33 Å². The van der Waals surface area contributed by atoms with Crippen molar-refractivity contribution >= 4 is 11.8 Å². The van der Waals surface area contributed by atoms with Crippen LogP contribution in [0.1, 0.15) is 34.6 Å². The average molecular weight is 273 g/mol. The third kappa shape index (κ3) is 4.59. The van der Waals surface area contributed by atoms with E-state index in [0.717, 1.165) is 10.9 Å². The highest BCUT2D eigenvalue weighted by Gasteiger charge is 2.20. The van der Waals surface area contributed by atoms with Gasteiger partial charge in [-0.3, -0.25) is 0 Å². The Bertz CT molecular complexity index is 343. The van der Waals surface area contributed by atoms with Crippen LogP contribution in [0.15, 0.2) is 11.5 Å². The Morgan fingerprint density at radius 3 is 2.39 bits per heavy atom. The van der Waals surface area contributed by atoms with Crippen molar-refractivity contribution in [1.82, 2.24) is 14.8 Å². The largest absolute Gasteiger partial charge is 0.352 e. The molecule has 0 aliphatic carbocycles. The van der Waals surface area contributed by atoms with Crippen LogP contribution < -0.4 is 0 Å². The molecule has 0 radical (unpaired) electrons. The van der Waals surface area contributed by atoms with E-state index in [1.807, 2.05) is 18.5 Å². The summed E-state index contributed by atoms with van der Waals surface area (Å²) in [5, 5.41) is 5.16. The monoisotopic (exact) mass is 273 g/mol. The summed E-state index contributed by atoms with van der Waals surface area (Å²) in [5.74, 6) is 0.719. The van der Waals surface area contributed by atoms with Gasteiger partial charge >= 0.3 is 0 Å². The highest BCUT2D eigenvalue weighted by molar-refractivity contribution is 7.99. The van der Waals surface area contributed by atoms with E-state index in [-0.39, 0.29) is 11.8 Å². The van der Waals surface area contributed by atoms with E-state index >= 15 is 0 Å². The molecule has 0 aliphatic heterocycles. The first-order valence-corrected chi connectivity index (χ1v) is 7.24. The molecule has 0 unspecified atom stereocenters. The van der Waals surface area contributed by atoms with Crippen LogP contribution in [-0.2, 0) is 15.0 Å². The van der Waals surface area contributed by atoms with Crippen molar-refractivity contribution in [3.8, 4) is 0 Å². The summed E-state index contributed by atoms with van der Waals surface area (Å²) in [7, 11) is 0. The van der Waals surface area contributed by atoms with Gasteiger partial charge in [-0.2, -0.15) is 5.10 Å². The molecule has 0 bridgehead atoms.